The van der Waals surface area contributed by atoms with Crippen molar-refractivity contribution in [1.82, 2.24) is 0 Å². The first-order chi connectivity index (χ1) is 10.6. The molecule has 3 nitrogen and oxygen atoms in total. The van der Waals surface area contributed by atoms with Gasteiger partial charge in [-0.1, -0.05) is 42.1 Å². The Balaban J connectivity index is 1.95. The minimum atomic E-state index is -0.182. The minimum absolute atomic E-state index is 0.182. The number of aryl methyl sites for hydroxylation is 2. The average Bonchev–Trinajstić information content (AvgIpc) is 2.51. The molecule has 5 heteroatoms. The lowest BCUT2D eigenvalue weighted by molar-refractivity contribution is 0.609. The van der Waals surface area contributed by atoms with Crippen molar-refractivity contribution in [2.75, 3.05) is 0 Å². The first-order valence-electron chi connectivity index (χ1n) is 6.86. The largest absolute Gasteiger partial charge is 0.377 e. The van der Waals surface area contributed by atoms with Gasteiger partial charge >= 0.3 is 0 Å². The Morgan fingerprint density at radius 3 is 2.45 bits per heavy atom. The zero-order chi connectivity index (χ0) is 15.9. The zero-order valence-electron chi connectivity index (χ0n) is 12.6. The van der Waals surface area contributed by atoms with E-state index in [1.54, 1.807) is 32.2 Å². The molecule has 2 N–H and O–H groups in total. The van der Waals surface area contributed by atoms with Gasteiger partial charge in [0.1, 0.15) is 5.82 Å². The molecule has 0 bridgehead atoms. The van der Waals surface area contributed by atoms with Gasteiger partial charge in [-0.3, -0.25) is 0 Å². The van der Waals surface area contributed by atoms with Gasteiger partial charge in [-0.15, -0.1) is 5.10 Å². The molecule has 0 aliphatic rings. The van der Waals surface area contributed by atoms with Crippen LogP contribution >= 0.6 is 11.8 Å². The Bertz CT molecular complexity index is 673. The molecule has 0 heterocycles. The summed E-state index contributed by atoms with van der Waals surface area (Å²) < 4.78 is 13.5. The smallest absolute Gasteiger partial charge is 0.180 e. The molecule has 0 spiro atoms. The molecule has 0 saturated heterocycles. The van der Waals surface area contributed by atoms with Crippen molar-refractivity contribution in [2.24, 2.45) is 15.9 Å². The lowest BCUT2D eigenvalue weighted by atomic mass is 10.1. The molecule has 0 atom stereocenters. The number of hydrogen-bond acceptors (Lipinski definition) is 3. The van der Waals surface area contributed by atoms with Crippen LogP contribution in [0.3, 0.4) is 0 Å². The molecular formula is C17H18FN3S. The molecule has 0 aromatic heterocycles. The van der Waals surface area contributed by atoms with Gasteiger partial charge in [0.05, 0.1) is 6.21 Å². The molecule has 0 saturated carbocycles. The van der Waals surface area contributed by atoms with Crippen molar-refractivity contribution in [3.05, 3.63) is 70.5 Å². The highest BCUT2D eigenvalue weighted by Gasteiger charge is 2.02. The number of thioether (sulfide) groups is 1. The predicted octanol–water partition coefficient (Wildman–Crippen LogP) is 4.02. The highest BCUT2D eigenvalue weighted by Crippen LogP contribution is 2.14. The Kier molecular flexibility index (Phi) is 5.72. The highest BCUT2D eigenvalue weighted by molar-refractivity contribution is 8.13. The summed E-state index contributed by atoms with van der Waals surface area (Å²) in [6.45, 7) is 3.46. The fraction of sp³-hybridized carbons (Fsp3) is 0.176. The van der Waals surface area contributed by atoms with E-state index < -0.39 is 0 Å². The van der Waals surface area contributed by atoms with Crippen LogP contribution in [0.25, 0.3) is 0 Å². The van der Waals surface area contributed by atoms with E-state index in [2.05, 4.69) is 10.2 Å². The summed E-state index contributed by atoms with van der Waals surface area (Å²) in [5.74, 6) is 0.569. The van der Waals surface area contributed by atoms with Crippen molar-refractivity contribution in [2.45, 2.75) is 19.6 Å². The third-order valence-electron chi connectivity index (χ3n) is 3.05. The van der Waals surface area contributed by atoms with E-state index in [0.717, 1.165) is 11.3 Å². The molecule has 114 valence electrons. The third kappa shape index (κ3) is 4.70. The van der Waals surface area contributed by atoms with Gasteiger partial charge in [0.2, 0.25) is 0 Å². The van der Waals surface area contributed by atoms with Crippen LogP contribution in [-0.2, 0) is 5.75 Å². The second-order valence-electron chi connectivity index (χ2n) is 4.93. The van der Waals surface area contributed by atoms with Crippen molar-refractivity contribution in [3.8, 4) is 0 Å². The normalized spacial score (nSPS) is 12.0. The van der Waals surface area contributed by atoms with Crippen molar-refractivity contribution in [3.63, 3.8) is 0 Å². The predicted molar refractivity (Wildman–Crippen MR) is 92.8 cm³/mol. The van der Waals surface area contributed by atoms with Gasteiger partial charge in [-0.25, -0.2) is 4.39 Å². The summed E-state index contributed by atoms with van der Waals surface area (Å²) in [4.78, 5) is 0. The lowest BCUT2D eigenvalue weighted by Crippen LogP contribution is -2.06. The summed E-state index contributed by atoms with van der Waals surface area (Å²) in [5, 5.41) is 8.31. The Labute approximate surface area is 134 Å². The van der Waals surface area contributed by atoms with Gasteiger partial charge in [-0.05, 0) is 48.2 Å². The van der Waals surface area contributed by atoms with Crippen LogP contribution in [0.4, 0.5) is 4.39 Å². The summed E-state index contributed by atoms with van der Waals surface area (Å²) in [6.07, 6.45) is 1.58. The molecule has 22 heavy (non-hydrogen) atoms. The summed E-state index contributed by atoms with van der Waals surface area (Å²) in [5.41, 5.74) is 8.98. The number of hydrogen-bond donors (Lipinski definition) is 1. The molecular weight excluding hydrogens is 297 g/mol. The maximum absolute atomic E-state index is 13.5. The molecule has 0 aliphatic carbocycles. The number of benzene rings is 2. The highest BCUT2D eigenvalue weighted by atomic mass is 32.2. The van der Waals surface area contributed by atoms with Crippen molar-refractivity contribution in [1.29, 1.82) is 0 Å². The van der Waals surface area contributed by atoms with E-state index in [-0.39, 0.29) is 5.82 Å². The van der Waals surface area contributed by atoms with Gasteiger partial charge in [0.25, 0.3) is 0 Å². The van der Waals surface area contributed by atoms with Gasteiger partial charge in [0, 0.05) is 5.75 Å². The topological polar surface area (TPSA) is 50.7 Å². The van der Waals surface area contributed by atoms with Crippen LogP contribution in [0, 0.1) is 19.7 Å². The summed E-state index contributed by atoms with van der Waals surface area (Å²) in [7, 11) is 0. The van der Waals surface area contributed by atoms with Gasteiger partial charge < -0.3 is 5.73 Å². The monoisotopic (exact) mass is 315 g/mol. The Hall–Kier alpha value is -2.14. The number of nitrogens with two attached hydrogens (primary N) is 1. The second kappa shape index (κ2) is 7.75. The van der Waals surface area contributed by atoms with E-state index in [9.17, 15) is 4.39 Å². The van der Waals surface area contributed by atoms with E-state index >= 15 is 0 Å². The fourth-order valence-electron chi connectivity index (χ4n) is 1.97. The van der Waals surface area contributed by atoms with Crippen molar-refractivity contribution < 1.29 is 4.39 Å². The number of amidine groups is 1. The molecule has 0 radical (unpaired) electrons. The molecule has 2 rings (SSSR count). The van der Waals surface area contributed by atoms with Crippen molar-refractivity contribution >= 4 is 23.1 Å². The Morgan fingerprint density at radius 2 is 1.82 bits per heavy atom. The van der Waals surface area contributed by atoms with E-state index in [0.29, 0.717) is 16.3 Å². The minimum Gasteiger partial charge on any atom is -0.377 e. The van der Waals surface area contributed by atoms with E-state index in [1.165, 1.54) is 17.3 Å². The van der Waals surface area contributed by atoms with Gasteiger partial charge in [-0.2, -0.15) is 5.10 Å². The summed E-state index contributed by atoms with van der Waals surface area (Å²) in [6, 6.07) is 13.5. The van der Waals surface area contributed by atoms with E-state index in [1.807, 2.05) is 30.3 Å². The van der Waals surface area contributed by atoms with Crippen LogP contribution < -0.4 is 5.73 Å². The van der Waals surface area contributed by atoms with Gasteiger partial charge in [0.15, 0.2) is 5.17 Å². The van der Waals surface area contributed by atoms with Crippen LogP contribution in [0.1, 0.15) is 22.3 Å². The number of rotatable bonds is 4. The Morgan fingerprint density at radius 1 is 1.18 bits per heavy atom. The SMILES string of the molecule is Cc1cc(C=NN=C(N)SCc2ccccc2)cc(C)c1F. The maximum atomic E-state index is 13.5. The zero-order valence-corrected chi connectivity index (χ0v) is 13.4. The molecule has 0 unspecified atom stereocenters. The standard InChI is InChI=1S/C17H18FN3S/c1-12-8-15(9-13(2)16(12)18)10-20-21-17(19)22-11-14-6-4-3-5-7-14/h3-10H,11H2,1-2H3,(H2,19,21). The second-order valence-corrected chi connectivity index (χ2v) is 5.92. The molecule has 0 fully saturated rings. The quantitative estimate of drug-likeness (QED) is 0.526. The lowest BCUT2D eigenvalue weighted by Gasteiger charge is -2.02. The summed E-state index contributed by atoms with van der Waals surface area (Å²) >= 11 is 1.43. The number of nitrogens with zero attached hydrogens (tertiary/aromatic N) is 2. The molecule has 0 aliphatic heterocycles. The molecule has 2 aromatic rings. The van der Waals surface area contributed by atoms with Crippen LogP contribution in [0.15, 0.2) is 52.7 Å². The first kappa shape index (κ1) is 16.2. The van der Waals surface area contributed by atoms with Crippen LogP contribution in [0.5, 0.6) is 0 Å². The first-order valence-corrected chi connectivity index (χ1v) is 7.85. The molecule has 0 amide bonds. The van der Waals surface area contributed by atoms with Crippen LogP contribution in [-0.4, -0.2) is 11.4 Å². The fourth-order valence-corrected chi connectivity index (χ4v) is 2.58. The van der Waals surface area contributed by atoms with Crippen LogP contribution in [0.2, 0.25) is 0 Å². The molecule has 2 aromatic carbocycles. The third-order valence-corrected chi connectivity index (χ3v) is 3.91. The average molecular weight is 315 g/mol. The maximum Gasteiger partial charge on any atom is 0.180 e. The van der Waals surface area contributed by atoms with E-state index in [4.69, 9.17) is 5.73 Å². The number of halogens is 1.